The molecular formula is C11H18N2O3. The zero-order valence-electron chi connectivity index (χ0n) is 10.1. The average molecular weight is 226 g/mol. The summed E-state index contributed by atoms with van der Waals surface area (Å²) in [6.07, 6.45) is 0.639. The monoisotopic (exact) mass is 226 g/mol. The van der Waals surface area contributed by atoms with E-state index in [9.17, 15) is 4.79 Å². The molecule has 0 aliphatic heterocycles. The zero-order valence-corrected chi connectivity index (χ0v) is 10.1. The largest absolute Gasteiger partial charge is 0.394 e. The quantitative estimate of drug-likeness (QED) is 0.804. The summed E-state index contributed by atoms with van der Waals surface area (Å²) in [5, 5.41) is 15.6. The third kappa shape index (κ3) is 2.61. The molecule has 0 aromatic carbocycles. The van der Waals surface area contributed by atoms with Crippen molar-refractivity contribution in [3.63, 3.8) is 0 Å². The van der Waals surface area contributed by atoms with Gasteiger partial charge in [-0.1, -0.05) is 12.1 Å². The Labute approximate surface area is 94.8 Å². The molecule has 0 spiro atoms. The zero-order chi connectivity index (χ0) is 12.3. The Bertz CT molecular complexity index is 383. The van der Waals surface area contributed by atoms with Crippen molar-refractivity contribution in [1.29, 1.82) is 0 Å². The summed E-state index contributed by atoms with van der Waals surface area (Å²) in [4.78, 5) is 12.0. The Morgan fingerprint density at radius 1 is 1.56 bits per heavy atom. The Hall–Kier alpha value is -1.36. The molecule has 1 aromatic rings. The second-order valence-electron chi connectivity index (χ2n) is 4.41. The molecule has 5 nitrogen and oxygen atoms in total. The number of rotatable bonds is 4. The second kappa shape index (κ2) is 4.65. The fourth-order valence-corrected chi connectivity index (χ4v) is 1.36. The molecule has 2 N–H and O–H groups in total. The number of aliphatic hydroxyl groups is 1. The SMILES string of the molecule is CCc1noc(C)c1C(=O)NC(C)(C)CO. The summed E-state index contributed by atoms with van der Waals surface area (Å²) in [6, 6.07) is 0. The highest BCUT2D eigenvalue weighted by atomic mass is 16.5. The van der Waals surface area contributed by atoms with Crippen LogP contribution in [0.1, 0.15) is 42.6 Å². The van der Waals surface area contributed by atoms with E-state index >= 15 is 0 Å². The van der Waals surface area contributed by atoms with Crippen LogP contribution in [0.4, 0.5) is 0 Å². The average Bonchev–Trinajstić information content (AvgIpc) is 2.59. The number of nitrogens with zero attached hydrogens (tertiary/aromatic N) is 1. The number of aromatic nitrogens is 1. The molecule has 90 valence electrons. The van der Waals surface area contributed by atoms with Gasteiger partial charge in [0.05, 0.1) is 17.8 Å². The van der Waals surface area contributed by atoms with Crippen LogP contribution in [-0.2, 0) is 6.42 Å². The van der Waals surface area contributed by atoms with E-state index in [1.807, 2.05) is 6.92 Å². The van der Waals surface area contributed by atoms with Crippen LogP contribution in [0.2, 0.25) is 0 Å². The normalized spacial score (nSPS) is 11.6. The van der Waals surface area contributed by atoms with E-state index in [0.717, 1.165) is 0 Å². The molecule has 1 rings (SSSR count). The third-order valence-electron chi connectivity index (χ3n) is 2.34. The van der Waals surface area contributed by atoms with E-state index in [0.29, 0.717) is 23.4 Å². The van der Waals surface area contributed by atoms with Crippen molar-refractivity contribution in [2.24, 2.45) is 0 Å². The molecule has 1 aromatic heterocycles. The lowest BCUT2D eigenvalue weighted by Gasteiger charge is -2.23. The van der Waals surface area contributed by atoms with E-state index in [1.54, 1.807) is 20.8 Å². The first-order valence-corrected chi connectivity index (χ1v) is 5.29. The van der Waals surface area contributed by atoms with Crippen molar-refractivity contribution in [2.75, 3.05) is 6.61 Å². The number of hydrogen-bond donors (Lipinski definition) is 2. The van der Waals surface area contributed by atoms with E-state index in [1.165, 1.54) is 0 Å². The van der Waals surface area contributed by atoms with E-state index in [4.69, 9.17) is 9.63 Å². The predicted molar refractivity (Wildman–Crippen MR) is 59.2 cm³/mol. The molecule has 0 fully saturated rings. The highest BCUT2D eigenvalue weighted by Crippen LogP contribution is 2.15. The molecule has 0 unspecified atom stereocenters. The standard InChI is InChI=1S/C11H18N2O3/c1-5-8-9(7(2)16-13-8)10(15)12-11(3,4)6-14/h14H,5-6H2,1-4H3,(H,12,15). The summed E-state index contributed by atoms with van der Waals surface area (Å²) in [6.45, 7) is 6.99. The number of hydrogen-bond acceptors (Lipinski definition) is 4. The van der Waals surface area contributed by atoms with E-state index in [2.05, 4.69) is 10.5 Å². The topological polar surface area (TPSA) is 75.4 Å². The predicted octanol–water partition coefficient (Wildman–Crippen LogP) is 1.05. The first kappa shape index (κ1) is 12.7. The maximum atomic E-state index is 12.0. The molecule has 0 atom stereocenters. The van der Waals surface area contributed by atoms with Gasteiger partial charge in [-0.15, -0.1) is 0 Å². The van der Waals surface area contributed by atoms with Crippen molar-refractivity contribution in [2.45, 2.75) is 39.7 Å². The molecule has 16 heavy (non-hydrogen) atoms. The van der Waals surface area contributed by atoms with Crippen LogP contribution in [0, 0.1) is 6.92 Å². The maximum absolute atomic E-state index is 12.0. The molecule has 0 saturated carbocycles. The summed E-state index contributed by atoms with van der Waals surface area (Å²) in [5.41, 5.74) is 0.471. The van der Waals surface area contributed by atoms with Gasteiger partial charge in [0, 0.05) is 0 Å². The minimum Gasteiger partial charge on any atom is -0.394 e. The summed E-state index contributed by atoms with van der Waals surface area (Å²) < 4.78 is 4.98. The fraction of sp³-hybridized carbons (Fsp3) is 0.636. The highest BCUT2D eigenvalue weighted by Gasteiger charge is 2.25. The van der Waals surface area contributed by atoms with Crippen molar-refractivity contribution < 1.29 is 14.4 Å². The fourth-order valence-electron chi connectivity index (χ4n) is 1.36. The third-order valence-corrected chi connectivity index (χ3v) is 2.34. The molecule has 0 aliphatic carbocycles. The number of nitrogens with one attached hydrogen (secondary N) is 1. The van der Waals surface area contributed by atoms with Gasteiger partial charge in [0.15, 0.2) is 0 Å². The van der Waals surface area contributed by atoms with Crippen molar-refractivity contribution >= 4 is 5.91 Å². The number of carbonyl (C=O) groups is 1. The Morgan fingerprint density at radius 2 is 2.19 bits per heavy atom. The maximum Gasteiger partial charge on any atom is 0.257 e. The Balaban J connectivity index is 2.92. The molecule has 0 saturated heterocycles. The van der Waals surface area contributed by atoms with Gasteiger partial charge in [-0.05, 0) is 27.2 Å². The van der Waals surface area contributed by atoms with E-state index < -0.39 is 5.54 Å². The van der Waals surface area contributed by atoms with Crippen molar-refractivity contribution in [3.05, 3.63) is 17.0 Å². The Morgan fingerprint density at radius 3 is 2.69 bits per heavy atom. The van der Waals surface area contributed by atoms with Crippen LogP contribution in [0.3, 0.4) is 0 Å². The highest BCUT2D eigenvalue weighted by molar-refractivity contribution is 5.96. The van der Waals surface area contributed by atoms with Gasteiger partial charge in [0.25, 0.3) is 5.91 Å². The van der Waals surface area contributed by atoms with Gasteiger partial charge in [0.1, 0.15) is 11.3 Å². The van der Waals surface area contributed by atoms with Gasteiger partial charge in [-0.25, -0.2) is 0 Å². The smallest absolute Gasteiger partial charge is 0.257 e. The number of carbonyl (C=O) groups excluding carboxylic acids is 1. The van der Waals surface area contributed by atoms with Crippen molar-refractivity contribution in [1.82, 2.24) is 10.5 Å². The van der Waals surface area contributed by atoms with Crippen LogP contribution >= 0.6 is 0 Å². The lowest BCUT2D eigenvalue weighted by molar-refractivity contribution is 0.0867. The molecule has 0 bridgehead atoms. The van der Waals surface area contributed by atoms with Gasteiger partial charge in [-0.3, -0.25) is 4.79 Å². The molecule has 0 radical (unpaired) electrons. The summed E-state index contributed by atoms with van der Waals surface area (Å²) in [7, 11) is 0. The van der Waals surface area contributed by atoms with Crippen LogP contribution in [0.5, 0.6) is 0 Å². The number of amides is 1. The summed E-state index contributed by atoms with van der Waals surface area (Å²) in [5.74, 6) is 0.248. The minimum atomic E-state index is -0.647. The summed E-state index contributed by atoms with van der Waals surface area (Å²) >= 11 is 0. The molecule has 0 aliphatic rings. The Kier molecular flexibility index (Phi) is 3.70. The van der Waals surface area contributed by atoms with Crippen LogP contribution in [0.15, 0.2) is 4.52 Å². The van der Waals surface area contributed by atoms with Crippen LogP contribution in [-0.4, -0.2) is 28.3 Å². The van der Waals surface area contributed by atoms with Crippen LogP contribution in [0.25, 0.3) is 0 Å². The van der Waals surface area contributed by atoms with E-state index in [-0.39, 0.29) is 12.5 Å². The number of aryl methyl sites for hydroxylation is 2. The van der Waals surface area contributed by atoms with Gasteiger partial charge in [-0.2, -0.15) is 0 Å². The second-order valence-corrected chi connectivity index (χ2v) is 4.41. The lowest BCUT2D eigenvalue weighted by atomic mass is 10.1. The van der Waals surface area contributed by atoms with Crippen molar-refractivity contribution in [3.8, 4) is 0 Å². The molecule has 1 heterocycles. The van der Waals surface area contributed by atoms with Gasteiger partial charge in [0.2, 0.25) is 0 Å². The minimum absolute atomic E-state index is 0.121. The molecule has 5 heteroatoms. The van der Waals surface area contributed by atoms with Crippen LogP contribution < -0.4 is 5.32 Å². The first-order chi connectivity index (χ1) is 7.41. The lowest BCUT2D eigenvalue weighted by Crippen LogP contribution is -2.46. The van der Waals surface area contributed by atoms with Gasteiger partial charge < -0.3 is 14.9 Å². The number of aliphatic hydroxyl groups excluding tert-OH is 1. The first-order valence-electron chi connectivity index (χ1n) is 5.29. The molecular weight excluding hydrogens is 208 g/mol. The molecule has 1 amide bonds. The van der Waals surface area contributed by atoms with Gasteiger partial charge >= 0.3 is 0 Å².